The van der Waals surface area contributed by atoms with Crippen LogP contribution in [0.2, 0.25) is 0 Å². The van der Waals surface area contributed by atoms with Gasteiger partial charge in [-0.05, 0) is 55.5 Å². The van der Waals surface area contributed by atoms with Gasteiger partial charge in [-0.2, -0.15) is 10.2 Å². The molecule has 6 nitrogen and oxygen atoms in total. The van der Waals surface area contributed by atoms with Crippen LogP contribution in [0.5, 0.6) is 5.75 Å². The van der Waals surface area contributed by atoms with Gasteiger partial charge in [0.1, 0.15) is 11.6 Å². The molecular formula is C19H17N5O. The molecule has 0 radical (unpaired) electrons. The molecule has 0 aliphatic heterocycles. The van der Waals surface area contributed by atoms with E-state index in [1.54, 1.807) is 19.2 Å². The summed E-state index contributed by atoms with van der Waals surface area (Å²) in [6, 6.07) is 18.7. The molecular weight excluding hydrogens is 314 g/mol. The molecule has 3 rings (SSSR count). The van der Waals surface area contributed by atoms with Gasteiger partial charge in [0.05, 0.1) is 18.7 Å². The molecule has 3 aromatic rings. The van der Waals surface area contributed by atoms with Crippen LogP contribution in [0, 0.1) is 18.3 Å². The number of anilines is 4. The zero-order valence-corrected chi connectivity index (χ0v) is 13.9. The Morgan fingerprint density at radius 2 is 1.56 bits per heavy atom. The minimum Gasteiger partial charge on any atom is -0.497 e. The zero-order chi connectivity index (χ0) is 17.6. The smallest absolute Gasteiger partial charge is 0.229 e. The van der Waals surface area contributed by atoms with Crippen molar-refractivity contribution in [1.29, 1.82) is 5.26 Å². The monoisotopic (exact) mass is 331 g/mol. The first-order chi connectivity index (χ1) is 12.2. The normalized spacial score (nSPS) is 9.96. The lowest BCUT2D eigenvalue weighted by Gasteiger charge is -2.10. The Bertz CT molecular complexity index is 899. The van der Waals surface area contributed by atoms with Gasteiger partial charge in [-0.15, -0.1) is 0 Å². The number of benzene rings is 2. The third-order valence-corrected chi connectivity index (χ3v) is 3.49. The molecule has 0 fully saturated rings. The number of hydrogen-bond donors (Lipinski definition) is 2. The highest BCUT2D eigenvalue weighted by Crippen LogP contribution is 2.21. The van der Waals surface area contributed by atoms with Crippen molar-refractivity contribution in [2.24, 2.45) is 0 Å². The predicted octanol–water partition coefficient (Wildman–Crippen LogP) is 4.15. The number of rotatable bonds is 5. The number of aromatic nitrogens is 2. The Hall–Kier alpha value is -3.59. The fraction of sp³-hybridized carbons (Fsp3) is 0.105. The van der Waals surface area contributed by atoms with E-state index in [1.165, 1.54) is 0 Å². The van der Waals surface area contributed by atoms with E-state index in [9.17, 15) is 0 Å². The van der Waals surface area contributed by atoms with E-state index >= 15 is 0 Å². The Kier molecular flexibility index (Phi) is 4.77. The van der Waals surface area contributed by atoms with Crippen molar-refractivity contribution in [3.63, 3.8) is 0 Å². The van der Waals surface area contributed by atoms with Gasteiger partial charge in [0.2, 0.25) is 5.95 Å². The van der Waals surface area contributed by atoms with Crippen molar-refractivity contribution in [1.82, 2.24) is 9.97 Å². The van der Waals surface area contributed by atoms with Gasteiger partial charge in [0.25, 0.3) is 0 Å². The van der Waals surface area contributed by atoms with Crippen LogP contribution >= 0.6 is 0 Å². The Morgan fingerprint density at radius 3 is 2.20 bits per heavy atom. The van der Waals surface area contributed by atoms with Crippen molar-refractivity contribution in [2.75, 3.05) is 17.7 Å². The molecule has 0 amide bonds. The molecule has 25 heavy (non-hydrogen) atoms. The fourth-order valence-electron chi connectivity index (χ4n) is 2.27. The number of ether oxygens (including phenoxy) is 1. The van der Waals surface area contributed by atoms with Gasteiger partial charge >= 0.3 is 0 Å². The maximum absolute atomic E-state index is 8.85. The number of methoxy groups -OCH3 is 1. The Balaban J connectivity index is 1.78. The van der Waals surface area contributed by atoms with Crippen LogP contribution in [-0.2, 0) is 0 Å². The van der Waals surface area contributed by atoms with E-state index in [2.05, 4.69) is 26.7 Å². The first-order valence-electron chi connectivity index (χ1n) is 7.70. The molecule has 1 aromatic heterocycles. The Labute approximate surface area is 146 Å². The minimum absolute atomic E-state index is 0.487. The van der Waals surface area contributed by atoms with Crippen molar-refractivity contribution in [3.05, 3.63) is 65.9 Å². The number of nitriles is 1. The largest absolute Gasteiger partial charge is 0.497 e. The molecule has 2 N–H and O–H groups in total. The molecule has 6 heteroatoms. The maximum Gasteiger partial charge on any atom is 0.229 e. The SMILES string of the molecule is COc1ccc(Nc2cc(C)nc(Nc3ccc(C#N)cc3)n2)cc1. The molecule has 0 bridgehead atoms. The summed E-state index contributed by atoms with van der Waals surface area (Å²) in [6.45, 7) is 1.91. The quantitative estimate of drug-likeness (QED) is 0.730. The second kappa shape index (κ2) is 7.32. The van der Waals surface area contributed by atoms with Gasteiger partial charge < -0.3 is 15.4 Å². The van der Waals surface area contributed by atoms with Crippen LogP contribution in [0.4, 0.5) is 23.1 Å². The van der Waals surface area contributed by atoms with Gasteiger partial charge in [0, 0.05) is 23.1 Å². The molecule has 0 atom stereocenters. The maximum atomic E-state index is 8.85. The summed E-state index contributed by atoms with van der Waals surface area (Å²) < 4.78 is 5.16. The van der Waals surface area contributed by atoms with Crippen LogP contribution < -0.4 is 15.4 Å². The van der Waals surface area contributed by atoms with Crippen LogP contribution in [0.1, 0.15) is 11.3 Å². The van der Waals surface area contributed by atoms with E-state index in [0.717, 1.165) is 22.8 Å². The molecule has 0 aliphatic rings. The highest BCUT2D eigenvalue weighted by molar-refractivity contribution is 5.61. The molecule has 0 unspecified atom stereocenters. The summed E-state index contributed by atoms with van der Waals surface area (Å²) in [5, 5.41) is 15.3. The number of nitrogens with zero attached hydrogens (tertiary/aromatic N) is 3. The van der Waals surface area contributed by atoms with Crippen molar-refractivity contribution in [3.8, 4) is 11.8 Å². The third-order valence-electron chi connectivity index (χ3n) is 3.49. The molecule has 2 aromatic carbocycles. The summed E-state index contributed by atoms with van der Waals surface area (Å²) in [6.07, 6.45) is 0. The lowest BCUT2D eigenvalue weighted by atomic mass is 10.2. The number of nitrogens with one attached hydrogen (secondary N) is 2. The van der Waals surface area contributed by atoms with E-state index in [1.807, 2.05) is 49.4 Å². The predicted molar refractivity (Wildman–Crippen MR) is 97.5 cm³/mol. The second-order valence-electron chi connectivity index (χ2n) is 5.39. The second-order valence-corrected chi connectivity index (χ2v) is 5.39. The first-order valence-corrected chi connectivity index (χ1v) is 7.70. The van der Waals surface area contributed by atoms with Crippen LogP contribution in [0.25, 0.3) is 0 Å². The molecule has 0 saturated carbocycles. The van der Waals surface area contributed by atoms with Crippen molar-refractivity contribution in [2.45, 2.75) is 6.92 Å². The van der Waals surface area contributed by atoms with E-state index in [-0.39, 0.29) is 0 Å². The summed E-state index contributed by atoms with van der Waals surface area (Å²) in [7, 11) is 1.64. The van der Waals surface area contributed by atoms with E-state index < -0.39 is 0 Å². The number of hydrogen-bond acceptors (Lipinski definition) is 6. The minimum atomic E-state index is 0.487. The van der Waals surface area contributed by atoms with Crippen LogP contribution in [0.15, 0.2) is 54.6 Å². The van der Waals surface area contributed by atoms with Gasteiger partial charge in [-0.25, -0.2) is 4.98 Å². The first kappa shape index (κ1) is 16.3. The fourth-order valence-corrected chi connectivity index (χ4v) is 2.27. The standard InChI is InChI=1S/C19H17N5O/c1-13-11-18(22-15-7-9-17(25-2)10-8-15)24-19(21-13)23-16-5-3-14(12-20)4-6-16/h3-11H,1-2H3,(H2,21,22,23,24). The van der Waals surface area contributed by atoms with E-state index in [4.69, 9.17) is 10.00 Å². The Morgan fingerprint density at radius 1 is 0.920 bits per heavy atom. The molecule has 0 aliphatic carbocycles. The summed E-state index contributed by atoms with van der Waals surface area (Å²) in [5.41, 5.74) is 3.17. The van der Waals surface area contributed by atoms with Crippen LogP contribution in [-0.4, -0.2) is 17.1 Å². The van der Waals surface area contributed by atoms with Crippen molar-refractivity contribution < 1.29 is 4.74 Å². The lowest BCUT2D eigenvalue weighted by Crippen LogP contribution is -2.02. The van der Waals surface area contributed by atoms with Crippen molar-refractivity contribution >= 4 is 23.1 Å². The van der Waals surface area contributed by atoms with Gasteiger partial charge in [-0.1, -0.05) is 0 Å². The lowest BCUT2D eigenvalue weighted by molar-refractivity contribution is 0.415. The third kappa shape index (κ3) is 4.24. The van der Waals surface area contributed by atoms with E-state index in [0.29, 0.717) is 17.3 Å². The average molecular weight is 331 g/mol. The summed E-state index contributed by atoms with van der Waals surface area (Å²) in [4.78, 5) is 8.87. The topological polar surface area (TPSA) is 82.9 Å². The zero-order valence-electron chi connectivity index (χ0n) is 13.9. The molecule has 0 spiro atoms. The highest BCUT2D eigenvalue weighted by Gasteiger charge is 2.04. The van der Waals surface area contributed by atoms with Gasteiger partial charge in [-0.3, -0.25) is 0 Å². The van der Waals surface area contributed by atoms with Gasteiger partial charge in [0.15, 0.2) is 0 Å². The van der Waals surface area contributed by atoms with Crippen LogP contribution in [0.3, 0.4) is 0 Å². The highest BCUT2D eigenvalue weighted by atomic mass is 16.5. The number of aryl methyl sites for hydroxylation is 1. The average Bonchev–Trinajstić information content (AvgIpc) is 2.62. The molecule has 0 saturated heterocycles. The molecule has 124 valence electrons. The summed E-state index contributed by atoms with van der Waals surface area (Å²) >= 11 is 0. The molecule has 1 heterocycles. The summed E-state index contributed by atoms with van der Waals surface area (Å²) in [5.74, 6) is 1.97.